The van der Waals surface area contributed by atoms with Crippen LogP contribution in [0.3, 0.4) is 0 Å². The molecule has 0 radical (unpaired) electrons. The lowest BCUT2D eigenvalue weighted by molar-refractivity contribution is 0.357. The van der Waals surface area contributed by atoms with Crippen LogP contribution in [0.1, 0.15) is 5.56 Å². The minimum atomic E-state index is 0.430. The molecule has 0 aliphatic carbocycles. The molecule has 20 heavy (non-hydrogen) atoms. The summed E-state index contributed by atoms with van der Waals surface area (Å²) in [5.74, 6) is 2.11. The Labute approximate surface area is 119 Å². The van der Waals surface area contributed by atoms with Gasteiger partial charge in [0.2, 0.25) is 0 Å². The molecule has 2 N–H and O–H groups in total. The van der Waals surface area contributed by atoms with Crippen molar-refractivity contribution in [2.24, 2.45) is 0 Å². The van der Waals surface area contributed by atoms with Crippen LogP contribution in [0.4, 0.5) is 5.82 Å². The molecule has 100 valence electrons. The molecule has 0 spiro atoms. The topological polar surface area (TPSA) is 61.3 Å². The summed E-state index contributed by atoms with van der Waals surface area (Å²) in [5, 5.41) is 5.94. The summed E-state index contributed by atoms with van der Waals surface area (Å²) in [6.45, 7) is 0.745. The molecular weight excluding hydrogens is 272 g/mol. The molecule has 3 heterocycles. The third-order valence-corrected chi connectivity index (χ3v) is 4.33. The Morgan fingerprint density at radius 1 is 1.25 bits per heavy atom. The van der Waals surface area contributed by atoms with Crippen molar-refractivity contribution in [1.29, 1.82) is 0 Å². The van der Waals surface area contributed by atoms with Crippen LogP contribution >= 0.6 is 11.3 Å². The van der Waals surface area contributed by atoms with Crippen LogP contribution in [0.15, 0.2) is 40.2 Å². The summed E-state index contributed by atoms with van der Waals surface area (Å²) in [5.41, 5.74) is 9.02. The monoisotopic (exact) mass is 284 g/mol. The highest BCUT2D eigenvalue weighted by molar-refractivity contribution is 7.13. The van der Waals surface area contributed by atoms with Gasteiger partial charge in [-0.25, -0.2) is 0 Å². The molecule has 3 aromatic rings. The van der Waals surface area contributed by atoms with Crippen molar-refractivity contribution in [1.82, 2.24) is 5.16 Å². The van der Waals surface area contributed by atoms with Crippen molar-refractivity contribution in [3.05, 3.63) is 41.3 Å². The molecule has 1 aliphatic rings. The molecule has 0 amide bonds. The zero-order valence-corrected chi connectivity index (χ0v) is 11.4. The minimum Gasteiger partial charge on any atom is -0.493 e. The van der Waals surface area contributed by atoms with E-state index in [1.165, 1.54) is 5.56 Å². The molecular formula is C15H12N2O2S. The highest BCUT2D eigenvalue weighted by Crippen LogP contribution is 2.40. The van der Waals surface area contributed by atoms with E-state index in [2.05, 4.69) is 11.2 Å². The van der Waals surface area contributed by atoms with E-state index in [1.807, 2.05) is 29.6 Å². The summed E-state index contributed by atoms with van der Waals surface area (Å²) < 4.78 is 11.0. The Morgan fingerprint density at radius 3 is 3.05 bits per heavy atom. The number of nitrogens with zero attached hydrogens (tertiary/aromatic N) is 1. The number of nitrogen functional groups attached to an aromatic ring is 1. The van der Waals surface area contributed by atoms with Crippen LogP contribution in [-0.4, -0.2) is 11.8 Å². The van der Waals surface area contributed by atoms with Crippen LogP contribution in [0.25, 0.3) is 21.8 Å². The fourth-order valence-corrected chi connectivity index (χ4v) is 3.26. The molecule has 5 heteroatoms. The van der Waals surface area contributed by atoms with Crippen molar-refractivity contribution in [2.45, 2.75) is 6.42 Å². The van der Waals surface area contributed by atoms with Gasteiger partial charge in [-0.05, 0) is 35.2 Å². The van der Waals surface area contributed by atoms with Crippen molar-refractivity contribution < 1.29 is 9.26 Å². The Morgan fingerprint density at radius 2 is 2.20 bits per heavy atom. The highest BCUT2D eigenvalue weighted by Gasteiger charge is 2.20. The first-order valence-electron chi connectivity index (χ1n) is 6.38. The summed E-state index contributed by atoms with van der Waals surface area (Å²) in [6.07, 6.45) is 0.932. The van der Waals surface area contributed by atoms with Gasteiger partial charge in [-0.15, -0.1) is 11.3 Å². The molecule has 0 saturated carbocycles. The maximum atomic E-state index is 5.96. The smallest absolute Gasteiger partial charge is 0.177 e. The number of rotatable bonds is 2. The van der Waals surface area contributed by atoms with Gasteiger partial charge < -0.3 is 15.0 Å². The molecule has 0 fully saturated rings. The summed E-state index contributed by atoms with van der Waals surface area (Å²) >= 11 is 1.62. The first-order valence-corrected chi connectivity index (χ1v) is 7.26. The van der Waals surface area contributed by atoms with Crippen molar-refractivity contribution in [2.75, 3.05) is 12.3 Å². The zero-order valence-electron chi connectivity index (χ0n) is 10.6. The zero-order chi connectivity index (χ0) is 13.5. The number of fused-ring (bicyclic) bond motifs is 1. The lowest BCUT2D eigenvalue weighted by Crippen LogP contribution is -1.87. The number of anilines is 1. The van der Waals surface area contributed by atoms with Crippen LogP contribution in [0.2, 0.25) is 0 Å². The molecule has 0 bridgehead atoms. The fourth-order valence-electron chi connectivity index (χ4n) is 2.49. The van der Waals surface area contributed by atoms with Gasteiger partial charge in [0.25, 0.3) is 0 Å². The van der Waals surface area contributed by atoms with Gasteiger partial charge in [0.05, 0.1) is 12.2 Å². The van der Waals surface area contributed by atoms with E-state index in [1.54, 1.807) is 11.3 Å². The Hall–Kier alpha value is -2.27. The predicted octanol–water partition coefficient (Wildman–Crippen LogP) is 3.59. The average Bonchev–Trinajstić information content (AvgIpc) is 3.17. The second-order valence-electron chi connectivity index (χ2n) is 4.67. The average molecular weight is 284 g/mol. The van der Waals surface area contributed by atoms with Crippen molar-refractivity contribution >= 4 is 17.2 Å². The maximum Gasteiger partial charge on any atom is 0.177 e. The van der Waals surface area contributed by atoms with E-state index >= 15 is 0 Å². The van der Waals surface area contributed by atoms with E-state index in [-0.39, 0.29) is 0 Å². The van der Waals surface area contributed by atoms with Crippen LogP contribution in [-0.2, 0) is 6.42 Å². The molecule has 4 rings (SSSR count). The second kappa shape index (κ2) is 4.38. The molecule has 1 aromatic carbocycles. The van der Waals surface area contributed by atoms with E-state index in [9.17, 15) is 0 Å². The predicted molar refractivity (Wildman–Crippen MR) is 78.9 cm³/mol. The second-order valence-corrected chi connectivity index (χ2v) is 5.62. The Kier molecular flexibility index (Phi) is 2.53. The lowest BCUT2D eigenvalue weighted by atomic mass is 10.0. The van der Waals surface area contributed by atoms with E-state index < -0.39 is 0 Å². The third kappa shape index (κ3) is 1.71. The molecule has 0 unspecified atom stereocenters. The minimum absolute atomic E-state index is 0.430. The largest absolute Gasteiger partial charge is 0.493 e. The van der Waals surface area contributed by atoms with Gasteiger partial charge in [-0.3, -0.25) is 0 Å². The number of nitrogens with two attached hydrogens (primary N) is 1. The van der Waals surface area contributed by atoms with E-state index in [0.717, 1.165) is 40.5 Å². The Bertz CT molecular complexity index is 762. The number of hydrogen-bond donors (Lipinski definition) is 1. The highest BCUT2D eigenvalue weighted by atomic mass is 32.1. The summed E-state index contributed by atoms with van der Waals surface area (Å²) in [6, 6.07) is 10.1. The van der Waals surface area contributed by atoms with Crippen molar-refractivity contribution in [3.8, 4) is 27.5 Å². The number of hydrogen-bond acceptors (Lipinski definition) is 5. The number of benzene rings is 1. The Balaban J connectivity index is 1.87. The van der Waals surface area contributed by atoms with E-state index in [4.69, 9.17) is 15.0 Å². The molecule has 1 aliphatic heterocycles. The van der Waals surface area contributed by atoms with Gasteiger partial charge in [0.1, 0.15) is 5.75 Å². The number of ether oxygens (including phenoxy) is 1. The van der Waals surface area contributed by atoms with Crippen LogP contribution < -0.4 is 10.5 Å². The van der Waals surface area contributed by atoms with Crippen LogP contribution in [0, 0.1) is 0 Å². The standard InChI is InChI=1S/C15H12N2O2S/c16-15-13(12-2-1-7-20-12)14(19-17-15)10-3-4-11-9(8-10)5-6-18-11/h1-4,7-8H,5-6H2,(H2,16,17). The molecule has 0 saturated heterocycles. The molecule has 4 nitrogen and oxygen atoms in total. The lowest BCUT2D eigenvalue weighted by Gasteiger charge is -2.03. The number of aromatic nitrogens is 1. The summed E-state index contributed by atoms with van der Waals surface area (Å²) in [7, 11) is 0. The SMILES string of the molecule is Nc1noc(-c2ccc3c(c2)CCO3)c1-c1cccs1. The van der Waals surface area contributed by atoms with Gasteiger partial charge in [0, 0.05) is 16.9 Å². The fraction of sp³-hybridized carbons (Fsp3) is 0.133. The quantitative estimate of drug-likeness (QED) is 0.781. The van der Waals surface area contributed by atoms with Gasteiger partial charge in [-0.2, -0.15) is 0 Å². The van der Waals surface area contributed by atoms with Gasteiger partial charge >= 0.3 is 0 Å². The molecule has 0 atom stereocenters. The van der Waals surface area contributed by atoms with E-state index in [0.29, 0.717) is 5.82 Å². The first kappa shape index (κ1) is 11.5. The van der Waals surface area contributed by atoms with Gasteiger partial charge in [-0.1, -0.05) is 11.2 Å². The number of thiophene rings is 1. The normalized spacial score (nSPS) is 13.2. The third-order valence-electron chi connectivity index (χ3n) is 3.44. The van der Waals surface area contributed by atoms with Gasteiger partial charge in [0.15, 0.2) is 11.6 Å². The van der Waals surface area contributed by atoms with Crippen LogP contribution in [0.5, 0.6) is 5.75 Å². The first-order chi connectivity index (χ1) is 9.83. The summed E-state index contributed by atoms with van der Waals surface area (Å²) in [4.78, 5) is 1.07. The molecule has 2 aromatic heterocycles. The maximum absolute atomic E-state index is 5.96. The van der Waals surface area contributed by atoms with Crippen molar-refractivity contribution in [3.63, 3.8) is 0 Å².